The molecule has 2 saturated heterocycles. The van der Waals surface area contributed by atoms with Gasteiger partial charge in [-0.25, -0.2) is 4.79 Å². The van der Waals surface area contributed by atoms with Gasteiger partial charge in [0.05, 0.1) is 11.6 Å². The summed E-state index contributed by atoms with van der Waals surface area (Å²) in [5.41, 5.74) is 3.49. The van der Waals surface area contributed by atoms with Gasteiger partial charge < -0.3 is 15.1 Å². The monoisotopic (exact) mass is 282 g/mol. The topological polar surface area (TPSA) is 48.5 Å². The number of benzene rings is 1. The van der Waals surface area contributed by atoms with E-state index >= 15 is 0 Å². The summed E-state index contributed by atoms with van der Waals surface area (Å²) in [5, 5.41) is 4.13. The molecule has 0 aliphatic carbocycles. The normalized spacial score (nSPS) is 21.6. The molecule has 2 aliphatic rings. The number of para-hydroxylation sites is 1. The van der Waals surface area contributed by atoms with E-state index in [1.165, 1.54) is 16.6 Å². The van der Waals surface area contributed by atoms with Crippen LogP contribution in [0.1, 0.15) is 5.56 Å². The third-order valence-corrected chi connectivity index (χ3v) is 4.52. The SMILES string of the molecule is Cc1cccc2c(N3CCN4C(=O)NCC4C3)ccnc12. The number of rotatable bonds is 1. The molecule has 108 valence electrons. The smallest absolute Gasteiger partial charge is 0.317 e. The van der Waals surface area contributed by atoms with E-state index < -0.39 is 0 Å². The lowest BCUT2D eigenvalue weighted by Crippen LogP contribution is -2.52. The predicted molar refractivity (Wildman–Crippen MR) is 82.6 cm³/mol. The molecule has 2 aromatic rings. The summed E-state index contributed by atoms with van der Waals surface area (Å²) in [7, 11) is 0. The lowest BCUT2D eigenvalue weighted by molar-refractivity contribution is 0.198. The van der Waals surface area contributed by atoms with Gasteiger partial charge >= 0.3 is 6.03 Å². The summed E-state index contributed by atoms with van der Waals surface area (Å²) in [6, 6.07) is 8.75. The summed E-state index contributed by atoms with van der Waals surface area (Å²) in [5.74, 6) is 0. The number of pyridine rings is 1. The number of nitrogens with one attached hydrogen (secondary N) is 1. The number of aryl methyl sites for hydroxylation is 1. The second kappa shape index (κ2) is 4.62. The third kappa shape index (κ3) is 1.92. The van der Waals surface area contributed by atoms with Gasteiger partial charge in [-0.3, -0.25) is 4.98 Å². The summed E-state index contributed by atoms with van der Waals surface area (Å²) in [4.78, 5) is 20.5. The van der Waals surface area contributed by atoms with Gasteiger partial charge in [-0.05, 0) is 18.6 Å². The van der Waals surface area contributed by atoms with Crippen molar-refractivity contribution in [3.05, 3.63) is 36.0 Å². The minimum Gasteiger partial charge on any atom is -0.367 e. The first-order chi connectivity index (χ1) is 10.2. The Morgan fingerprint density at radius 1 is 1.29 bits per heavy atom. The Bertz CT molecular complexity index is 714. The van der Waals surface area contributed by atoms with Crippen molar-refractivity contribution in [2.24, 2.45) is 0 Å². The second-order valence-corrected chi connectivity index (χ2v) is 5.78. The summed E-state index contributed by atoms with van der Waals surface area (Å²) in [6.07, 6.45) is 1.88. The van der Waals surface area contributed by atoms with Crippen LogP contribution in [-0.4, -0.2) is 48.1 Å². The van der Waals surface area contributed by atoms with Crippen molar-refractivity contribution in [2.75, 3.05) is 31.1 Å². The number of piperazine rings is 1. The molecule has 1 atom stereocenters. The maximum Gasteiger partial charge on any atom is 0.317 e. The molecule has 5 nitrogen and oxygen atoms in total. The fourth-order valence-electron chi connectivity index (χ4n) is 3.41. The van der Waals surface area contributed by atoms with Gasteiger partial charge in [-0.15, -0.1) is 0 Å². The Kier molecular flexibility index (Phi) is 2.74. The number of carbonyl (C=O) groups is 1. The molecule has 1 unspecified atom stereocenters. The van der Waals surface area contributed by atoms with Gasteiger partial charge in [-0.1, -0.05) is 18.2 Å². The first-order valence-electron chi connectivity index (χ1n) is 7.38. The van der Waals surface area contributed by atoms with Crippen LogP contribution in [0.15, 0.2) is 30.5 Å². The molecule has 1 N–H and O–H groups in total. The molecule has 5 heteroatoms. The van der Waals surface area contributed by atoms with Gasteiger partial charge in [0.1, 0.15) is 0 Å². The maximum atomic E-state index is 11.7. The Hall–Kier alpha value is -2.30. The molecule has 1 aromatic heterocycles. The van der Waals surface area contributed by atoms with Gasteiger partial charge in [0.2, 0.25) is 0 Å². The molecule has 2 fully saturated rings. The average Bonchev–Trinajstić information content (AvgIpc) is 2.88. The minimum absolute atomic E-state index is 0.0788. The molecule has 0 saturated carbocycles. The zero-order valence-corrected chi connectivity index (χ0v) is 12.0. The molecule has 1 aromatic carbocycles. The lowest BCUT2D eigenvalue weighted by atomic mass is 10.1. The number of aromatic nitrogens is 1. The number of hydrogen-bond acceptors (Lipinski definition) is 3. The molecule has 0 bridgehead atoms. The molecular weight excluding hydrogens is 264 g/mol. The van der Waals surface area contributed by atoms with Crippen LogP contribution in [0.4, 0.5) is 10.5 Å². The Morgan fingerprint density at radius 2 is 2.19 bits per heavy atom. The maximum absolute atomic E-state index is 11.7. The first kappa shape index (κ1) is 12.4. The van der Waals surface area contributed by atoms with E-state index in [-0.39, 0.29) is 12.1 Å². The highest BCUT2D eigenvalue weighted by Gasteiger charge is 2.35. The van der Waals surface area contributed by atoms with Gasteiger partial charge in [0.25, 0.3) is 0 Å². The highest BCUT2D eigenvalue weighted by molar-refractivity contribution is 5.93. The van der Waals surface area contributed by atoms with Gasteiger partial charge in [0.15, 0.2) is 0 Å². The van der Waals surface area contributed by atoms with Crippen LogP contribution in [0.25, 0.3) is 10.9 Å². The van der Waals surface area contributed by atoms with Crippen LogP contribution < -0.4 is 10.2 Å². The summed E-state index contributed by atoms with van der Waals surface area (Å²) < 4.78 is 0. The van der Waals surface area contributed by atoms with E-state index in [2.05, 4.69) is 46.4 Å². The van der Waals surface area contributed by atoms with E-state index in [1.54, 1.807) is 0 Å². The van der Waals surface area contributed by atoms with E-state index in [9.17, 15) is 4.79 Å². The molecule has 4 rings (SSSR count). The van der Waals surface area contributed by atoms with Crippen molar-refractivity contribution in [1.82, 2.24) is 15.2 Å². The van der Waals surface area contributed by atoms with Crippen LogP contribution in [0.5, 0.6) is 0 Å². The van der Waals surface area contributed by atoms with E-state index in [1.807, 2.05) is 11.1 Å². The standard InChI is InChI=1S/C16H18N4O/c1-11-3-2-4-13-14(5-6-17-15(11)13)19-7-8-20-12(10-19)9-18-16(20)21/h2-6,12H,7-10H2,1H3,(H,18,21). The molecule has 21 heavy (non-hydrogen) atoms. The largest absolute Gasteiger partial charge is 0.367 e. The molecule has 2 aliphatic heterocycles. The quantitative estimate of drug-likeness (QED) is 0.867. The number of hydrogen-bond donors (Lipinski definition) is 1. The molecule has 0 radical (unpaired) electrons. The zero-order chi connectivity index (χ0) is 14.4. The van der Waals surface area contributed by atoms with E-state index in [0.29, 0.717) is 0 Å². The van der Waals surface area contributed by atoms with Crippen molar-refractivity contribution in [3.63, 3.8) is 0 Å². The van der Waals surface area contributed by atoms with E-state index in [0.717, 1.165) is 31.7 Å². The highest BCUT2D eigenvalue weighted by Crippen LogP contribution is 2.29. The molecule has 0 spiro atoms. The number of nitrogens with zero attached hydrogens (tertiary/aromatic N) is 3. The second-order valence-electron chi connectivity index (χ2n) is 5.78. The third-order valence-electron chi connectivity index (χ3n) is 4.52. The van der Waals surface area contributed by atoms with Crippen molar-refractivity contribution in [1.29, 1.82) is 0 Å². The van der Waals surface area contributed by atoms with Crippen molar-refractivity contribution >= 4 is 22.6 Å². The van der Waals surface area contributed by atoms with Crippen LogP contribution >= 0.6 is 0 Å². The first-order valence-corrected chi connectivity index (χ1v) is 7.38. The lowest BCUT2D eigenvalue weighted by Gasteiger charge is -2.38. The Balaban J connectivity index is 1.71. The summed E-state index contributed by atoms with van der Waals surface area (Å²) >= 11 is 0. The van der Waals surface area contributed by atoms with Crippen LogP contribution in [0.3, 0.4) is 0 Å². The average molecular weight is 282 g/mol. The van der Waals surface area contributed by atoms with E-state index in [4.69, 9.17) is 0 Å². The molecule has 2 amide bonds. The van der Waals surface area contributed by atoms with Crippen LogP contribution in [0, 0.1) is 6.92 Å². The number of amides is 2. The number of urea groups is 1. The fraction of sp³-hybridized carbons (Fsp3) is 0.375. The number of anilines is 1. The Labute approximate surface area is 123 Å². The van der Waals surface area contributed by atoms with Gasteiger partial charge in [0, 0.05) is 43.4 Å². The molecular formula is C16H18N4O. The number of carbonyl (C=O) groups excluding carboxylic acids is 1. The predicted octanol–water partition coefficient (Wildman–Crippen LogP) is 1.76. The number of fused-ring (bicyclic) bond motifs is 2. The fourth-order valence-corrected chi connectivity index (χ4v) is 3.41. The highest BCUT2D eigenvalue weighted by atomic mass is 16.2. The molecule has 3 heterocycles. The van der Waals surface area contributed by atoms with Crippen molar-refractivity contribution < 1.29 is 4.79 Å². The van der Waals surface area contributed by atoms with Gasteiger partial charge in [-0.2, -0.15) is 0 Å². The van der Waals surface area contributed by atoms with Crippen LogP contribution in [-0.2, 0) is 0 Å². The van der Waals surface area contributed by atoms with Crippen molar-refractivity contribution in [3.8, 4) is 0 Å². The Morgan fingerprint density at radius 3 is 3.10 bits per heavy atom. The summed E-state index contributed by atoms with van der Waals surface area (Å²) in [6.45, 7) is 5.38. The van der Waals surface area contributed by atoms with Crippen LogP contribution in [0.2, 0.25) is 0 Å². The minimum atomic E-state index is 0.0788. The zero-order valence-electron chi connectivity index (χ0n) is 12.0. The van der Waals surface area contributed by atoms with Crippen molar-refractivity contribution in [2.45, 2.75) is 13.0 Å².